The minimum Gasteiger partial charge on any atom is -0.310 e. The zero-order chi connectivity index (χ0) is 43.9. The number of rotatable bonds is 7. The van der Waals surface area contributed by atoms with Crippen LogP contribution >= 0.6 is 11.3 Å². The lowest BCUT2D eigenvalue weighted by Crippen LogP contribution is -2.16. The van der Waals surface area contributed by atoms with Crippen molar-refractivity contribution in [1.29, 1.82) is 0 Å². The first-order valence-corrected chi connectivity index (χ1v) is 23.6. The zero-order valence-electron chi connectivity index (χ0n) is 36.7. The molecular weight excluding hydrogens is 817 g/mol. The third-order valence-corrected chi connectivity index (χ3v) is 15.1. The lowest BCUT2D eigenvalue weighted by molar-refractivity contribution is 0.660. The Labute approximate surface area is 388 Å². The minimum absolute atomic E-state index is 0.145. The van der Waals surface area contributed by atoms with E-state index in [1.807, 2.05) is 11.3 Å². The maximum Gasteiger partial charge on any atom is 0.0547 e. The Kier molecular flexibility index (Phi) is 8.78. The van der Waals surface area contributed by atoms with Gasteiger partial charge in [-0.15, -0.1) is 11.3 Å². The molecule has 0 radical (unpaired) electrons. The standard InChI is InChI=1S/C63H44N2S/c1-63(2)58-27-14-13-26-53(58)54-32-29-49(39-59(54)63)64(47-24-15-21-42(34-47)41-16-5-3-6-17-41)48-28-31-52-51-25-12-11-20-45(51)36-60(56(52)38-48)65(46-22-7-4-8-23-46)50-30-33-55-57-35-43-18-9-10-19-44(43)37-61(57)66-62(55)40-50/h3-40H,1-2H3. The fraction of sp³-hybridized carbons (Fsp3) is 0.0476. The highest BCUT2D eigenvalue weighted by Crippen LogP contribution is 2.52. The van der Waals surface area contributed by atoms with Gasteiger partial charge in [-0.1, -0.05) is 166 Å². The Hall–Kier alpha value is -7.98. The van der Waals surface area contributed by atoms with Crippen molar-refractivity contribution in [2.24, 2.45) is 0 Å². The first kappa shape index (κ1) is 38.5. The second-order valence-electron chi connectivity index (χ2n) is 18.1. The number of fused-ring (bicyclic) bond motifs is 10. The number of nitrogens with zero attached hydrogens (tertiary/aromatic N) is 2. The van der Waals surface area contributed by atoms with Crippen LogP contribution in [0.5, 0.6) is 0 Å². The van der Waals surface area contributed by atoms with Crippen LogP contribution < -0.4 is 9.80 Å². The van der Waals surface area contributed by atoms with E-state index in [0.717, 1.165) is 34.1 Å². The summed E-state index contributed by atoms with van der Waals surface area (Å²) in [6.45, 7) is 4.73. The predicted molar refractivity (Wildman–Crippen MR) is 284 cm³/mol. The molecule has 0 spiro atoms. The molecule has 13 rings (SSSR count). The van der Waals surface area contributed by atoms with Crippen molar-refractivity contribution in [2.45, 2.75) is 19.3 Å². The molecule has 1 aliphatic rings. The van der Waals surface area contributed by atoms with Crippen LogP contribution in [-0.2, 0) is 5.41 Å². The van der Waals surface area contributed by atoms with Crippen LogP contribution in [0, 0.1) is 0 Å². The van der Waals surface area contributed by atoms with Crippen molar-refractivity contribution < 1.29 is 0 Å². The van der Waals surface area contributed by atoms with Gasteiger partial charge in [-0.2, -0.15) is 0 Å². The summed E-state index contributed by atoms with van der Waals surface area (Å²) in [6, 6.07) is 85.4. The van der Waals surface area contributed by atoms with Gasteiger partial charge < -0.3 is 9.80 Å². The van der Waals surface area contributed by atoms with E-state index in [9.17, 15) is 0 Å². The van der Waals surface area contributed by atoms with Crippen LogP contribution in [0.3, 0.4) is 0 Å². The molecule has 66 heavy (non-hydrogen) atoms. The van der Waals surface area contributed by atoms with Gasteiger partial charge in [0.25, 0.3) is 0 Å². The first-order chi connectivity index (χ1) is 32.5. The number of para-hydroxylation sites is 1. The lowest BCUT2D eigenvalue weighted by Gasteiger charge is -2.30. The van der Waals surface area contributed by atoms with Crippen molar-refractivity contribution in [2.75, 3.05) is 9.80 Å². The van der Waals surface area contributed by atoms with E-state index in [1.165, 1.54) is 85.9 Å². The first-order valence-electron chi connectivity index (χ1n) is 22.8. The maximum atomic E-state index is 2.47. The van der Waals surface area contributed by atoms with Crippen LogP contribution in [0.1, 0.15) is 25.0 Å². The molecule has 0 unspecified atom stereocenters. The van der Waals surface area contributed by atoms with E-state index >= 15 is 0 Å². The fourth-order valence-electron chi connectivity index (χ4n) is 10.7. The van der Waals surface area contributed by atoms with E-state index in [0.29, 0.717) is 0 Å². The van der Waals surface area contributed by atoms with Gasteiger partial charge in [0.15, 0.2) is 0 Å². The molecule has 0 aliphatic heterocycles. The van der Waals surface area contributed by atoms with E-state index in [2.05, 4.69) is 254 Å². The zero-order valence-corrected chi connectivity index (χ0v) is 37.6. The SMILES string of the molecule is CC1(C)c2ccccc2-c2ccc(N(c3cccc(-c4ccccc4)c3)c3ccc4c(c3)c(N(c3ccccc3)c3ccc5c(c3)sc3cc6ccccc6cc35)cc3ccccc34)cc21. The Morgan fingerprint density at radius 3 is 1.74 bits per heavy atom. The number of anilines is 6. The molecule has 2 nitrogen and oxygen atoms in total. The summed E-state index contributed by atoms with van der Waals surface area (Å²) in [7, 11) is 0. The highest BCUT2D eigenvalue weighted by molar-refractivity contribution is 7.26. The molecule has 1 aromatic heterocycles. The van der Waals surface area contributed by atoms with Gasteiger partial charge >= 0.3 is 0 Å². The highest BCUT2D eigenvalue weighted by Gasteiger charge is 2.36. The summed E-state index contributed by atoms with van der Waals surface area (Å²) in [5.41, 5.74) is 14.3. The molecule has 0 atom stereocenters. The van der Waals surface area contributed by atoms with Crippen molar-refractivity contribution >= 4 is 98.0 Å². The molecule has 1 heterocycles. The van der Waals surface area contributed by atoms with Crippen LogP contribution in [0.2, 0.25) is 0 Å². The summed E-state index contributed by atoms with van der Waals surface area (Å²) < 4.78 is 2.58. The van der Waals surface area contributed by atoms with Gasteiger partial charge in [0, 0.05) is 59.4 Å². The highest BCUT2D eigenvalue weighted by atomic mass is 32.1. The van der Waals surface area contributed by atoms with E-state index in [-0.39, 0.29) is 5.41 Å². The molecule has 3 heteroatoms. The van der Waals surface area contributed by atoms with Crippen molar-refractivity contribution in [3.8, 4) is 22.3 Å². The van der Waals surface area contributed by atoms with Crippen molar-refractivity contribution in [3.05, 3.63) is 242 Å². The average molecular weight is 861 g/mol. The molecule has 0 bridgehead atoms. The van der Waals surface area contributed by atoms with Crippen LogP contribution in [0.25, 0.3) is 74.7 Å². The third-order valence-electron chi connectivity index (χ3n) is 14.0. The van der Waals surface area contributed by atoms with Gasteiger partial charge in [0.1, 0.15) is 0 Å². The Morgan fingerprint density at radius 2 is 0.909 bits per heavy atom. The summed E-state index contributed by atoms with van der Waals surface area (Å²) in [5.74, 6) is 0. The second kappa shape index (κ2) is 15.1. The van der Waals surface area contributed by atoms with E-state index in [1.54, 1.807) is 0 Å². The monoisotopic (exact) mass is 860 g/mol. The molecule has 0 fully saturated rings. The normalized spacial score (nSPS) is 12.8. The smallest absolute Gasteiger partial charge is 0.0547 e. The molecular formula is C63H44N2S. The molecule has 0 saturated carbocycles. The summed E-state index contributed by atoms with van der Waals surface area (Å²) in [6.07, 6.45) is 0. The Morgan fingerprint density at radius 1 is 0.318 bits per heavy atom. The van der Waals surface area contributed by atoms with Crippen LogP contribution in [-0.4, -0.2) is 0 Å². The van der Waals surface area contributed by atoms with Crippen molar-refractivity contribution in [3.63, 3.8) is 0 Å². The maximum absolute atomic E-state index is 2.47. The summed E-state index contributed by atoms with van der Waals surface area (Å²) in [4.78, 5) is 4.93. The molecule has 1 aliphatic carbocycles. The van der Waals surface area contributed by atoms with E-state index < -0.39 is 0 Å². The van der Waals surface area contributed by atoms with E-state index in [4.69, 9.17) is 0 Å². The summed E-state index contributed by atoms with van der Waals surface area (Å²) in [5, 5.41) is 9.97. The molecule has 312 valence electrons. The van der Waals surface area contributed by atoms with Gasteiger partial charge in [0.05, 0.1) is 5.69 Å². The second-order valence-corrected chi connectivity index (χ2v) is 19.2. The van der Waals surface area contributed by atoms with Crippen LogP contribution in [0.4, 0.5) is 34.1 Å². The fourth-order valence-corrected chi connectivity index (χ4v) is 11.9. The summed E-state index contributed by atoms with van der Waals surface area (Å²) >= 11 is 1.88. The number of hydrogen-bond acceptors (Lipinski definition) is 3. The van der Waals surface area contributed by atoms with Crippen molar-refractivity contribution in [1.82, 2.24) is 0 Å². The molecule has 12 aromatic rings. The quantitative estimate of drug-likeness (QED) is 0.147. The lowest BCUT2D eigenvalue weighted by atomic mass is 9.82. The topological polar surface area (TPSA) is 6.48 Å². The minimum atomic E-state index is -0.145. The van der Waals surface area contributed by atoms with Gasteiger partial charge in [-0.3, -0.25) is 0 Å². The predicted octanol–water partition coefficient (Wildman–Crippen LogP) is 18.4. The Bertz CT molecular complexity index is 3870. The molecule has 0 N–H and O–H groups in total. The largest absolute Gasteiger partial charge is 0.310 e. The molecule has 0 saturated heterocycles. The van der Waals surface area contributed by atoms with Gasteiger partial charge in [-0.25, -0.2) is 0 Å². The number of thiophene rings is 1. The van der Waals surface area contributed by atoms with Gasteiger partial charge in [0.2, 0.25) is 0 Å². The Balaban J connectivity index is 1.05. The van der Waals surface area contributed by atoms with Crippen LogP contribution in [0.15, 0.2) is 231 Å². The molecule has 0 amide bonds. The third kappa shape index (κ3) is 6.15. The molecule has 11 aromatic carbocycles. The number of hydrogen-bond donors (Lipinski definition) is 0. The number of benzene rings is 11. The van der Waals surface area contributed by atoms with Gasteiger partial charge in [-0.05, 0) is 139 Å². The average Bonchev–Trinajstić information content (AvgIpc) is 3.83.